The van der Waals surface area contributed by atoms with Gasteiger partial charge in [0, 0.05) is 18.0 Å². The maximum atomic E-state index is 12.1. The van der Waals surface area contributed by atoms with E-state index >= 15 is 0 Å². The summed E-state index contributed by atoms with van der Waals surface area (Å²) in [5.74, 6) is 0.720. The highest BCUT2D eigenvalue weighted by Crippen LogP contribution is 2.29. The Hall–Kier alpha value is -0.430. The molecule has 1 aliphatic carbocycles. The minimum Gasteiger partial charge on any atom is -0.326 e. The Morgan fingerprint density at radius 3 is 2.72 bits per heavy atom. The summed E-state index contributed by atoms with van der Waals surface area (Å²) in [6.07, 6.45) is 4.74. The number of hydrogen-bond acceptors (Lipinski definition) is 4. The van der Waals surface area contributed by atoms with Crippen LogP contribution in [0.25, 0.3) is 0 Å². The van der Waals surface area contributed by atoms with Crippen molar-refractivity contribution >= 4 is 21.4 Å². The molecule has 102 valence electrons. The zero-order valence-electron chi connectivity index (χ0n) is 10.6. The molecule has 18 heavy (non-hydrogen) atoms. The minimum absolute atomic E-state index is 0.383. The van der Waals surface area contributed by atoms with Crippen LogP contribution in [0.15, 0.2) is 10.3 Å². The minimum atomic E-state index is -3.34. The van der Waals surface area contributed by atoms with Crippen LogP contribution in [0.5, 0.6) is 0 Å². The SMILES string of the molecule is Cc1cc(S(=O)(=O)NCCC2CCC2)sc1CN. The Morgan fingerprint density at radius 1 is 1.50 bits per heavy atom. The van der Waals surface area contributed by atoms with Crippen LogP contribution in [-0.2, 0) is 16.6 Å². The molecule has 1 heterocycles. The van der Waals surface area contributed by atoms with Crippen molar-refractivity contribution in [2.24, 2.45) is 11.7 Å². The number of nitrogens with two attached hydrogens (primary N) is 1. The molecule has 6 heteroatoms. The molecule has 1 aromatic heterocycles. The molecular weight excluding hydrogens is 268 g/mol. The molecule has 0 bridgehead atoms. The van der Waals surface area contributed by atoms with Gasteiger partial charge in [0.15, 0.2) is 0 Å². The first-order valence-electron chi connectivity index (χ1n) is 6.32. The zero-order chi connectivity index (χ0) is 13.2. The number of hydrogen-bond donors (Lipinski definition) is 2. The summed E-state index contributed by atoms with van der Waals surface area (Å²) in [5, 5.41) is 0. The van der Waals surface area contributed by atoms with E-state index in [1.165, 1.54) is 30.6 Å². The van der Waals surface area contributed by atoms with Gasteiger partial charge in [-0.3, -0.25) is 0 Å². The first-order chi connectivity index (χ1) is 8.53. The van der Waals surface area contributed by atoms with Crippen molar-refractivity contribution < 1.29 is 8.42 Å². The molecule has 0 aliphatic heterocycles. The van der Waals surface area contributed by atoms with E-state index in [-0.39, 0.29) is 0 Å². The number of thiophene rings is 1. The summed E-state index contributed by atoms with van der Waals surface area (Å²) in [4.78, 5) is 0.939. The zero-order valence-corrected chi connectivity index (χ0v) is 12.2. The largest absolute Gasteiger partial charge is 0.326 e. The van der Waals surface area contributed by atoms with E-state index in [0.29, 0.717) is 17.3 Å². The molecule has 0 radical (unpaired) electrons. The molecule has 1 saturated carbocycles. The van der Waals surface area contributed by atoms with Gasteiger partial charge < -0.3 is 5.73 Å². The third kappa shape index (κ3) is 3.12. The van der Waals surface area contributed by atoms with Gasteiger partial charge in [-0.2, -0.15) is 0 Å². The van der Waals surface area contributed by atoms with Gasteiger partial charge in [0.1, 0.15) is 4.21 Å². The van der Waals surface area contributed by atoms with E-state index in [1.54, 1.807) is 6.07 Å². The van der Waals surface area contributed by atoms with Crippen molar-refractivity contribution in [3.8, 4) is 0 Å². The average molecular weight is 288 g/mol. The lowest BCUT2D eigenvalue weighted by Gasteiger charge is -2.24. The van der Waals surface area contributed by atoms with E-state index in [0.717, 1.165) is 22.8 Å². The molecule has 3 N–H and O–H groups in total. The Morgan fingerprint density at radius 2 is 2.22 bits per heavy atom. The molecule has 0 atom stereocenters. The van der Waals surface area contributed by atoms with Crippen molar-refractivity contribution in [2.45, 2.75) is 43.4 Å². The van der Waals surface area contributed by atoms with Crippen molar-refractivity contribution in [1.82, 2.24) is 4.72 Å². The molecular formula is C12H20N2O2S2. The van der Waals surface area contributed by atoms with Gasteiger partial charge in [-0.1, -0.05) is 19.3 Å². The third-order valence-corrected chi connectivity index (χ3v) is 6.71. The van der Waals surface area contributed by atoms with Gasteiger partial charge in [0.2, 0.25) is 10.0 Å². The van der Waals surface area contributed by atoms with Crippen LogP contribution in [0, 0.1) is 12.8 Å². The average Bonchev–Trinajstić information content (AvgIpc) is 2.64. The number of nitrogens with one attached hydrogen (secondary N) is 1. The van der Waals surface area contributed by atoms with Gasteiger partial charge in [-0.05, 0) is 30.9 Å². The second-order valence-corrected chi connectivity index (χ2v) is 7.99. The topological polar surface area (TPSA) is 72.2 Å². The predicted octanol–water partition coefficient (Wildman–Crippen LogP) is 1.98. The van der Waals surface area contributed by atoms with Crippen molar-refractivity contribution in [3.63, 3.8) is 0 Å². The fourth-order valence-electron chi connectivity index (χ4n) is 2.07. The fraction of sp³-hybridized carbons (Fsp3) is 0.667. The van der Waals surface area contributed by atoms with Crippen LogP contribution < -0.4 is 10.5 Å². The monoisotopic (exact) mass is 288 g/mol. The van der Waals surface area contributed by atoms with Crippen molar-refractivity contribution in [3.05, 3.63) is 16.5 Å². The molecule has 1 fully saturated rings. The highest BCUT2D eigenvalue weighted by atomic mass is 32.2. The van der Waals surface area contributed by atoms with Crippen LogP contribution in [-0.4, -0.2) is 15.0 Å². The van der Waals surface area contributed by atoms with E-state index in [4.69, 9.17) is 5.73 Å². The summed E-state index contributed by atoms with van der Waals surface area (Å²) < 4.78 is 27.2. The third-order valence-electron chi connectivity index (χ3n) is 3.52. The predicted molar refractivity (Wildman–Crippen MR) is 74.1 cm³/mol. The highest BCUT2D eigenvalue weighted by molar-refractivity contribution is 7.91. The van der Waals surface area contributed by atoms with E-state index in [1.807, 2.05) is 6.92 Å². The molecule has 0 aromatic carbocycles. The lowest BCUT2D eigenvalue weighted by Crippen LogP contribution is -2.27. The van der Waals surface area contributed by atoms with Crippen LogP contribution in [0.1, 0.15) is 36.1 Å². The molecule has 4 nitrogen and oxygen atoms in total. The summed E-state index contributed by atoms with van der Waals surface area (Å²) in [6, 6.07) is 1.71. The lowest BCUT2D eigenvalue weighted by atomic mass is 9.83. The summed E-state index contributed by atoms with van der Waals surface area (Å²) in [7, 11) is -3.34. The molecule has 0 spiro atoms. The Labute approximate surface area is 113 Å². The molecule has 2 rings (SSSR count). The van der Waals surface area contributed by atoms with E-state index in [9.17, 15) is 8.42 Å². The fourth-order valence-corrected chi connectivity index (χ4v) is 4.63. The molecule has 0 saturated heterocycles. The first-order valence-corrected chi connectivity index (χ1v) is 8.62. The lowest BCUT2D eigenvalue weighted by molar-refractivity contribution is 0.297. The molecule has 0 amide bonds. The van der Waals surface area contributed by atoms with Crippen molar-refractivity contribution in [2.75, 3.05) is 6.54 Å². The van der Waals surface area contributed by atoms with E-state index < -0.39 is 10.0 Å². The number of rotatable bonds is 6. The summed E-state index contributed by atoms with van der Waals surface area (Å²) in [5.41, 5.74) is 6.53. The van der Waals surface area contributed by atoms with E-state index in [2.05, 4.69) is 4.72 Å². The Kier molecular flexibility index (Phi) is 4.42. The van der Waals surface area contributed by atoms with Gasteiger partial charge in [-0.25, -0.2) is 13.1 Å². The standard InChI is InChI=1S/C12H20N2O2S2/c1-9-7-12(17-11(9)8-13)18(15,16)14-6-5-10-3-2-4-10/h7,10,14H,2-6,8,13H2,1H3. The summed E-state index contributed by atoms with van der Waals surface area (Å²) in [6.45, 7) is 2.84. The molecule has 1 aliphatic rings. The Bertz CT molecular complexity index is 504. The first kappa shape index (κ1) is 14.0. The van der Waals surface area contributed by atoms with Crippen molar-refractivity contribution in [1.29, 1.82) is 0 Å². The maximum Gasteiger partial charge on any atom is 0.250 e. The summed E-state index contributed by atoms with van der Waals surface area (Å²) >= 11 is 1.27. The Balaban J connectivity index is 1.95. The van der Waals surface area contributed by atoms with Gasteiger partial charge in [-0.15, -0.1) is 11.3 Å². The van der Waals surface area contributed by atoms with Gasteiger partial charge in [0.05, 0.1) is 0 Å². The van der Waals surface area contributed by atoms with Crippen LogP contribution in [0.4, 0.5) is 0 Å². The van der Waals surface area contributed by atoms with Gasteiger partial charge in [0.25, 0.3) is 0 Å². The molecule has 1 aromatic rings. The van der Waals surface area contributed by atoms with Crippen LogP contribution in [0.3, 0.4) is 0 Å². The second-order valence-electron chi connectivity index (χ2n) is 4.86. The maximum absolute atomic E-state index is 12.1. The second kappa shape index (κ2) is 5.69. The number of sulfonamides is 1. The number of aryl methyl sites for hydroxylation is 1. The van der Waals surface area contributed by atoms with Crippen LogP contribution >= 0.6 is 11.3 Å². The van der Waals surface area contributed by atoms with Gasteiger partial charge >= 0.3 is 0 Å². The van der Waals surface area contributed by atoms with Crippen LogP contribution in [0.2, 0.25) is 0 Å². The normalized spacial score (nSPS) is 16.8. The molecule has 0 unspecified atom stereocenters. The quantitative estimate of drug-likeness (QED) is 0.841. The smallest absolute Gasteiger partial charge is 0.250 e. The highest BCUT2D eigenvalue weighted by Gasteiger charge is 2.21.